The highest BCUT2D eigenvalue weighted by Crippen LogP contribution is 2.31. The molecule has 136 valence electrons. The lowest BCUT2D eigenvalue weighted by Crippen LogP contribution is -2.48. The summed E-state index contributed by atoms with van der Waals surface area (Å²) in [4.78, 5) is 19.3. The number of hydrogen-bond acceptors (Lipinski definition) is 4. The number of aliphatic hydroxyl groups is 1. The fourth-order valence-corrected chi connectivity index (χ4v) is 4.08. The van der Waals surface area contributed by atoms with Crippen LogP contribution >= 0.6 is 27.5 Å². The van der Waals surface area contributed by atoms with Crippen molar-refractivity contribution in [1.29, 1.82) is 0 Å². The van der Waals surface area contributed by atoms with Crippen molar-refractivity contribution in [3.05, 3.63) is 56.8 Å². The molecule has 1 aliphatic heterocycles. The summed E-state index contributed by atoms with van der Waals surface area (Å²) < 4.78 is 0.733. The van der Waals surface area contributed by atoms with Gasteiger partial charge in [0, 0.05) is 29.8 Å². The Balaban J connectivity index is 1.47. The maximum atomic E-state index is 12.5. The molecule has 0 radical (unpaired) electrons. The molecule has 1 amide bonds. The van der Waals surface area contributed by atoms with Gasteiger partial charge in [0.05, 0.1) is 16.8 Å². The molecule has 0 bridgehead atoms. The van der Waals surface area contributed by atoms with Gasteiger partial charge in [0.25, 0.3) is 5.91 Å². The Hall–Kier alpha value is -1.47. The highest BCUT2D eigenvalue weighted by Gasteiger charge is 2.34. The zero-order valence-electron chi connectivity index (χ0n) is 14.1. The van der Waals surface area contributed by atoms with Gasteiger partial charge in [0.1, 0.15) is 5.69 Å². The number of aliphatic hydroxyl groups excluding tert-OH is 1. The first kappa shape index (κ1) is 17.9. The number of fused-ring (bicyclic) bond motifs is 1. The summed E-state index contributed by atoms with van der Waals surface area (Å²) >= 11 is 9.56. The molecule has 2 aromatic rings. The minimum Gasteiger partial charge on any atom is -0.393 e. The van der Waals surface area contributed by atoms with Gasteiger partial charge in [-0.2, -0.15) is 0 Å². The second-order valence-corrected chi connectivity index (χ2v) is 8.13. The molecule has 26 heavy (non-hydrogen) atoms. The van der Waals surface area contributed by atoms with E-state index in [4.69, 9.17) is 11.6 Å². The molecule has 0 saturated heterocycles. The molecule has 1 aliphatic carbocycles. The second-order valence-electron chi connectivity index (χ2n) is 6.89. The summed E-state index contributed by atoms with van der Waals surface area (Å²) in [6, 6.07) is 7.75. The topological polar surface area (TPSA) is 65.5 Å². The van der Waals surface area contributed by atoms with Crippen LogP contribution in [0, 0.1) is 0 Å². The van der Waals surface area contributed by atoms with Crippen LogP contribution in [0.2, 0.25) is 5.02 Å². The van der Waals surface area contributed by atoms with Crippen LogP contribution < -0.4 is 5.32 Å². The van der Waals surface area contributed by atoms with Gasteiger partial charge in [0.2, 0.25) is 0 Å². The molecule has 0 spiro atoms. The lowest BCUT2D eigenvalue weighted by molar-refractivity contribution is -0.00418. The first-order valence-electron chi connectivity index (χ1n) is 8.66. The number of hydrogen-bond donors (Lipinski definition) is 2. The molecule has 1 aromatic carbocycles. The lowest BCUT2D eigenvalue weighted by Gasteiger charge is -2.42. The van der Waals surface area contributed by atoms with Crippen molar-refractivity contribution in [2.45, 2.75) is 38.0 Å². The van der Waals surface area contributed by atoms with Crippen molar-refractivity contribution in [3.63, 3.8) is 0 Å². The smallest absolute Gasteiger partial charge is 0.274 e. The third-order valence-corrected chi connectivity index (χ3v) is 6.46. The van der Waals surface area contributed by atoms with Crippen LogP contribution in [-0.4, -0.2) is 39.6 Å². The number of halogens is 2. The Bertz CT molecular complexity index is 855. The van der Waals surface area contributed by atoms with E-state index in [1.54, 1.807) is 12.3 Å². The molecule has 5 nitrogen and oxygen atoms in total. The number of carbonyl (C=O) groups excluding carboxylic acids is 1. The van der Waals surface area contributed by atoms with E-state index in [-0.39, 0.29) is 12.0 Å². The molecule has 1 fully saturated rings. The van der Waals surface area contributed by atoms with Gasteiger partial charge in [-0.1, -0.05) is 17.7 Å². The first-order chi connectivity index (χ1) is 12.5. The number of aromatic nitrogens is 1. The van der Waals surface area contributed by atoms with E-state index in [1.165, 1.54) is 5.56 Å². The summed E-state index contributed by atoms with van der Waals surface area (Å²) in [7, 11) is 0. The van der Waals surface area contributed by atoms with Gasteiger partial charge in [-0.15, -0.1) is 0 Å². The van der Waals surface area contributed by atoms with Gasteiger partial charge < -0.3 is 10.4 Å². The van der Waals surface area contributed by atoms with E-state index >= 15 is 0 Å². The van der Waals surface area contributed by atoms with E-state index < -0.39 is 0 Å². The highest BCUT2D eigenvalue weighted by atomic mass is 79.9. The molecule has 2 heterocycles. The quantitative estimate of drug-likeness (QED) is 0.771. The molecule has 1 aromatic heterocycles. The number of rotatable bonds is 3. The predicted octanol–water partition coefficient (Wildman–Crippen LogP) is 3.63. The van der Waals surface area contributed by atoms with Crippen LogP contribution in [0.4, 0.5) is 5.69 Å². The Morgan fingerprint density at radius 2 is 2.15 bits per heavy atom. The molecular formula is C19H19BrClN3O2. The SMILES string of the molecule is O=C(Nc1cccc(Br)c1Cl)c1cc2c(cn1)CN(C1CC(O)C1)CC2. The number of benzene rings is 1. The highest BCUT2D eigenvalue weighted by molar-refractivity contribution is 9.10. The Morgan fingerprint density at radius 1 is 1.35 bits per heavy atom. The van der Waals surface area contributed by atoms with E-state index in [0.29, 0.717) is 22.4 Å². The van der Waals surface area contributed by atoms with Crippen LogP contribution in [0.25, 0.3) is 0 Å². The molecule has 0 atom stereocenters. The van der Waals surface area contributed by atoms with E-state index in [2.05, 4.69) is 31.1 Å². The van der Waals surface area contributed by atoms with Gasteiger partial charge in [-0.05, 0) is 64.5 Å². The number of pyridine rings is 1. The van der Waals surface area contributed by atoms with E-state index in [9.17, 15) is 9.90 Å². The normalized spacial score (nSPS) is 22.4. The van der Waals surface area contributed by atoms with Gasteiger partial charge in [0.15, 0.2) is 0 Å². The fourth-order valence-electron chi connectivity index (χ4n) is 3.54. The minimum atomic E-state index is -0.266. The molecule has 2 aliphatic rings. The van der Waals surface area contributed by atoms with Gasteiger partial charge >= 0.3 is 0 Å². The zero-order valence-corrected chi connectivity index (χ0v) is 16.4. The Labute approximate surface area is 165 Å². The van der Waals surface area contributed by atoms with Crippen molar-refractivity contribution in [1.82, 2.24) is 9.88 Å². The van der Waals surface area contributed by atoms with Gasteiger partial charge in [-0.25, -0.2) is 0 Å². The molecule has 2 N–H and O–H groups in total. The van der Waals surface area contributed by atoms with Crippen molar-refractivity contribution >= 4 is 39.1 Å². The summed E-state index contributed by atoms with van der Waals surface area (Å²) in [5.41, 5.74) is 3.28. The average Bonchev–Trinajstić information content (AvgIpc) is 2.62. The first-order valence-corrected chi connectivity index (χ1v) is 9.83. The van der Waals surface area contributed by atoms with E-state index in [1.807, 2.05) is 18.2 Å². The Morgan fingerprint density at radius 3 is 2.92 bits per heavy atom. The van der Waals surface area contributed by atoms with Crippen molar-refractivity contribution in [2.24, 2.45) is 0 Å². The summed E-state index contributed by atoms with van der Waals surface area (Å²) in [6.07, 6.45) is 4.26. The van der Waals surface area contributed by atoms with Gasteiger partial charge in [-0.3, -0.25) is 14.7 Å². The number of anilines is 1. The third-order valence-electron chi connectivity index (χ3n) is 5.16. The third kappa shape index (κ3) is 3.51. The maximum Gasteiger partial charge on any atom is 0.274 e. The minimum absolute atomic E-state index is 0.143. The molecule has 4 rings (SSSR count). The molecular weight excluding hydrogens is 418 g/mol. The summed E-state index contributed by atoms with van der Waals surface area (Å²) in [5.74, 6) is -0.266. The zero-order chi connectivity index (χ0) is 18.3. The van der Waals surface area contributed by atoms with Crippen molar-refractivity contribution in [3.8, 4) is 0 Å². The molecule has 7 heteroatoms. The van der Waals surface area contributed by atoms with Crippen LogP contribution in [0.1, 0.15) is 34.5 Å². The largest absolute Gasteiger partial charge is 0.393 e. The van der Waals surface area contributed by atoms with Crippen LogP contribution in [0.5, 0.6) is 0 Å². The van der Waals surface area contributed by atoms with Crippen LogP contribution in [0.3, 0.4) is 0 Å². The second kappa shape index (κ2) is 7.27. The number of nitrogens with zero attached hydrogens (tertiary/aromatic N) is 2. The number of nitrogens with one attached hydrogen (secondary N) is 1. The fraction of sp³-hybridized carbons (Fsp3) is 0.368. The van der Waals surface area contributed by atoms with Crippen LogP contribution in [-0.2, 0) is 13.0 Å². The number of carbonyl (C=O) groups is 1. The molecule has 0 unspecified atom stereocenters. The predicted molar refractivity (Wildman–Crippen MR) is 104 cm³/mol. The summed E-state index contributed by atoms with van der Waals surface area (Å²) in [6.45, 7) is 1.78. The Kier molecular flexibility index (Phi) is 5.01. The van der Waals surface area contributed by atoms with Crippen molar-refractivity contribution in [2.75, 3.05) is 11.9 Å². The van der Waals surface area contributed by atoms with Crippen LogP contribution in [0.15, 0.2) is 34.9 Å². The van der Waals surface area contributed by atoms with E-state index in [0.717, 1.165) is 42.4 Å². The summed E-state index contributed by atoms with van der Waals surface area (Å²) in [5, 5.41) is 12.8. The number of amides is 1. The van der Waals surface area contributed by atoms with Crippen molar-refractivity contribution < 1.29 is 9.90 Å². The lowest BCUT2D eigenvalue weighted by atomic mass is 9.86. The maximum absolute atomic E-state index is 12.5. The standard InChI is InChI=1S/C19H19BrClN3O2/c20-15-2-1-3-16(18(15)21)23-19(26)17-6-11-4-5-24(10-12(11)9-22-17)13-7-14(25)8-13/h1-3,6,9,13-14,25H,4-5,7-8,10H2,(H,23,26). The monoisotopic (exact) mass is 435 g/mol. The molecule has 1 saturated carbocycles. The average molecular weight is 437 g/mol.